The number of rotatable bonds is 3. The second-order valence-corrected chi connectivity index (χ2v) is 16.8. The molecule has 0 fully saturated rings. The van der Waals surface area contributed by atoms with Gasteiger partial charge in [-0.1, -0.05) is 176 Å². The maximum Gasteiger partial charge on any atom is 0.143 e. The lowest BCUT2D eigenvalue weighted by Gasteiger charge is -2.31. The molecule has 14 rings (SSSR count). The van der Waals surface area contributed by atoms with Gasteiger partial charge in [-0.25, -0.2) is 4.98 Å². The van der Waals surface area contributed by atoms with Gasteiger partial charge in [-0.2, -0.15) is 0 Å². The minimum Gasteiger partial charge on any atom is -0.455 e. The van der Waals surface area contributed by atoms with Crippen LogP contribution in [0.25, 0.3) is 110 Å². The molecule has 2 heterocycles. The van der Waals surface area contributed by atoms with Crippen molar-refractivity contribution >= 4 is 54.5 Å². The van der Waals surface area contributed by atoms with E-state index in [0.717, 1.165) is 71.7 Å². The number of nitrogens with zero attached hydrogens (tertiary/aromatic N) is 2. The molecule has 2 aliphatic rings. The Bertz CT molecular complexity index is 3810. The molecule has 0 saturated heterocycles. The van der Waals surface area contributed by atoms with Crippen LogP contribution < -0.4 is 0 Å². The molecule has 2 aliphatic carbocycles. The molecule has 3 nitrogen and oxygen atoms in total. The third kappa shape index (κ3) is 4.44. The lowest BCUT2D eigenvalue weighted by atomic mass is 9.70. The average molecular weight is 787 g/mol. The number of aromatic nitrogens is 2. The molecule has 286 valence electrons. The summed E-state index contributed by atoms with van der Waals surface area (Å²) in [5.41, 5.74) is 19.9. The van der Waals surface area contributed by atoms with Gasteiger partial charge in [-0.3, -0.25) is 4.98 Å². The van der Waals surface area contributed by atoms with Crippen LogP contribution in [0.2, 0.25) is 0 Å². The number of benzene rings is 10. The van der Waals surface area contributed by atoms with Crippen molar-refractivity contribution in [2.24, 2.45) is 0 Å². The second-order valence-electron chi connectivity index (χ2n) is 16.8. The highest BCUT2D eigenvalue weighted by atomic mass is 16.3. The predicted octanol–water partition coefficient (Wildman–Crippen LogP) is 15.2. The number of fused-ring (bicyclic) bond motifs is 19. The van der Waals surface area contributed by atoms with Crippen LogP contribution in [0.1, 0.15) is 22.3 Å². The first-order valence-electron chi connectivity index (χ1n) is 21.3. The van der Waals surface area contributed by atoms with Gasteiger partial charge >= 0.3 is 0 Å². The third-order valence-corrected chi connectivity index (χ3v) is 13.7. The molecule has 0 bridgehead atoms. The molecule has 2 aromatic heterocycles. The van der Waals surface area contributed by atoms with Crippen molar-refractivity contribution in [3.05, 3.63) is 229 Å². The van der Waals surface area contributed by atoms with Gasteiger partial charge in [-0.05, 0) is 96.2 Å². The Balaban J connectivity index is 0.975. The quantitative estimate of drug-likeness (QED) is 0.167. The van der Waals surface area contributed by atoms with Gasteiger partial charge in [0.15, 0.2) is 0 Å². The van der Waals surface area contributed by atoms with Crippen molar-refractivity contribution in [2.75, 3.05) is 0 Å². The largest absolute Gasteiger partial charge is 0.455 e. The first kappa shape index (κ1) is 33.7. The average Bonchev–Trinajstić information content (AvgIpc) is 3.98. The summed E-state index contributed by atoms with van der Waals surface area (Å²) in [4.78, 5) is 10.6. The Kier molecular flexibility index (Phi) is 6.76. The van der Waals surface area contributed by atoms with Gasteiger partial charge in [0.1, 0.15) is 11.2 Å². The summed E-state index contributed by atoms with van der Waals surface area (Å²) in [5, 5.41) is 6.90. The van der Waals surface area contributed by atoms with Crippen molar-refractivity contribution in [1.29, 1.82) is 0 Å². The summed E-state index contributed by atoms with van der Waals surface area (Å²) in [5.74, 6) is 0. The Hall–Kier alpha value is -8.14. The molecular weight excluding hydrogens is 753 g/mol. The summed E-state index contributed by atoms with van der Waals surface area (Å²) < 4.78 is 6.50. The smallest absolute Gasteiger partial charge is 0.143 e. The van der Waals surface area contributed by atoms with Crippen molar-refractivity contribution in [1.82, 2.24) is 9.97 Å². The van der Waals surface area contributed by atoms with E-state index >= 15 is 0 Å². The fourth-order valence-corrected chi connectivity index (χ4v) is 11.1. The second kappa shape index (κ2) is 12.4. The van der Waals surface area contributed by atoms with Gasteiger partial charge in [0.25, 0.3) is 0 Å². The van der Waals surface area contributed by atoms with Crippen LogP contribution in [-0.2, 0) is 5.41 Å². The van der Waals surface area contributed by atoms with E-state index in [9.17, 15) is 0 Å². The van der Waals surface area contributed by atoms with Gasteiger partial charge in [0.2, 0.25) is 0 Å². The van der Waals surface area contributed by atoms with E-state index in [4.69, 9.17) is 14.4 Å². The molecule has 0 saturated carbocycles. The SMILES string of the molecule is c1cc(-c2ccc3c(c2)C2(c4ccccc4-c4ccccc42)c2cc(-c4cnc5c6ccccc6c6ccccc6c5n4)ccc2-3)cc(-c2cccc3c2oc2ccccc23)c1. The highest BCUT2D eigenvalue weighted by Crippen LogP contribution is 2.63. The highest BCUT2D eigenvalue weighted by molar-refractivity contribution is 6.23. The molecule has 3 heteroatoms. The number of furan rings is 1. The van der Waals surface area contributed by atoms with Crippen LogP contribution in [0.4, 0.5) is 0 Å². The fraction of sp³-hybridized carbons (Fsp3) is 0.0169. The summed E-state index contributed by atoms with van der Waals surface area (Å²) in [6.07, 6.45) is 1.97. The zero-order valence-electron chi connectivity index (χ0n) is 33.4. The molecule has 0 atom stereocenters. The third-order valence-electron chi connectivity index (χ3n) is 13.7. The minimum absolute atomic E-state index is 0.533. The highest BCUT2D eigenvalue weighted by Gasteiger charge is 2.51. The van der Waals surface area contributed by atoms with Gasteiger partial charge < -0.3 is 4.42 Å². The Morgan fingerprint density at radius 3 is 1.60 bits per heavy atom. The summed E-state index contributed by atoms with van der Waals surface area (Å²) in [7, 11) is 0. The summed E-state index contributed by atoms with van der Waals surface area (Å²) in [6, 6.07) is 72.9. The fourth-order valence-electron chi connectivity index (χ4n) is 11.1. The van der Waals surface area contributed by atoms with Gasteiger partial charge in [0, 0.05) is 32.7 Å². The van der Waals surface area contributed by atoms with E-state index in [2.05, 4.69) is 194 Å². The standard InChI is InChI=1S/C59H34N2O/c1-3-20-47-40(15-1)41-16-2-4-21-48(41)57-56(47)60-34-54(61-57)38-28-30-45-44-29-27-36(32-52(44)59(53(45)33-38)50-24-8-5-17-42(50)43-18-6-9-25-51(43)59)35-13-11-14-37(31-35)39-22-12-23-49-46-19-7-10-26-55(46)62-58(39)49/h1-34H. The Labute approximate surface area is 357 Å². The maximum atomic E-state index is 6.50. The van der Waals surface area contributed by atoms with E-state index in [-0.39, 0.29) is 0 Å². The molecule has 0 N–H and O–H groups in total. The maximum absolute atomic E-state index is 6.50. The number of hydrogen-bond acceptors (Lipinski definition) is 3. The minimum atomic E-state index is -0.533. The van der Waals surface area contributed by atoms with E-state index in [0.29, 0.717) is 0 Å². The Morgan fingerprint density at radius 2 is 0.855 bits per heavy atom. The van der Waals surface area contributed by atoms with E-state index in [1.165, 1.54) is 60.8 Å². The van der Waals surface area contributed by atoms with Crippen molar-refractivity contribution < 1.29 is 4.42 Å². The van der Waals surface area contributed by atoms with Crippen LogP contribution in [0.5, 0.6) is 0 Å². The molecule has 0 radical (unpaired) electrons. The lowest BCUT2D eigenvalue weighted by Crippen LogP contribution is -2.26. The molecule has 0 amide bonds. The van der Waals surface area contributed by atoms with E-state index < -0.39 is 5.41 Å². The molecule has 10 aromatic carbocycles. The molecule has 12 aromatic rings. The van der Waals surface area contributed by atoms with Crippen LogP contribution in [0.15, 0.2) is 211 Å². The monoisotopic (exact) mass is 786 g/mol. The zero-order valence-corrected chi connectivity index (χ0v) is 33.4. The first-order chi connectivity index (χ1) is 30.7. The normalized spacial score (nSPS) is 13.3. The lowest BCUT2D eigenvalue weighted by molar-refractivity contribution is 0.670. The van der Waals surface area contributed by atoms with Gasteiger partial charge in [0.05, 0.1) is 28.3 Å². The van der Waals surface area contributed by atoms with E-state index in [1.807, 2.05) is 12.3 Å². The molecule has 0 unspecified atom stereocenters. The summed E-state index contributed by atoms with van der Waals surface area (Å²) >= 11 is 0. The van der Waals surface area contributed by atoms with Crippen molar-refractivity contribution in [2.45, 2.75) is 5.41 Å². The van der Waals surface area contributed by atoms with Crippen LogP contribution >= 0.6 is 0 Å². The summed E-state index contributed by atoms with van der Waals surface area (Å²) in [6.45, 7) is 0. The van der Waals surface area contributed by atoms with Crippen molar-refractivity contribution in [3.63, 3.8) is 0 Å². The first-order valence-corrected chi connectivity index (χ1v) is 21.3. The van der Waals surface area contributed by atoms with E-state index in [1.54, 1.807) is 0 Å². The topological polar surface area (TPSA) is 38.9 Å². The number of hydrogen-bond donors (Lipinski definition) is 0. The van der Waals surface area contributed by atoms with Crippen LogP contribution in [0, 0.1) is 0 Å². The van der Waals surface area contributed by atoms with Gasteiger partial charge in [-0.15, -0.1) is 0 Å². The molecule has 62 heavy (non-hydrogen) atoms. The molecule has 0 aliphatic heterocycles. The molecular formula is C59H34N2O. The Morgan fingerprint density at radius 1 is 0.339 bits per heavy atom. The zero-order chi connectivity index (χ0) is 40.5. The number of para-hydroxylation sites is 2. The molecule has 1 spiro atoms. The van der Waals surface area contributed by atoms with Crippen LogP contribution in [-0.4, -0.2) is 9.97 Å². The van der Waals surface area contributed by atoms with Crippen LogP contribution in [0.3, 0.4) is 0 Å². The van der Waals surface area contributed by atoms with Crippen molar-refractivity contribution in [3.8, 4) is 55.8 Å². The predicted molar refractivity (Wildman–Crippen MR) is 254 cm³/mol.